The van der Waals surface area contributed by atoms with Crippen molar-refractivity contribution in [2.24, 2.45) is 23.7 Å². The summed E-state index contributed by atoms with van der Waals surface area (Å²) in [5.41, 5.74) is -28.8. The van der Waals surface area contributed by atoms with Crippen LogP contribution in [0.25, 0.3) is 0 Å². The fraction of sp³-hybridized carbons (Fsp3) is 0.571. The zero-order valence-corrected chi connectivity index (χ0v) is 38.7. The first-order chi connectivity index (χ1) is 32.9. The number of fused-ring (bicyclic) bond motifs is 10. The monoisotopic (exact) mass is 1120 g/mol. The molecule has 9 rings (SSSR count). The van der Waals surface area contributed by atoms with Crippen LogP contribution in [0.4, 0.5) is 79.0 Å². The minimum atomic E-state index is -8.03. The van der Waals surface area contributed by atoms with E-state index >= 15 is 26.3 Å². The second-order valence-corrected chi connectivity index (χ2v) is 25.7. The molecule has 9 nitrogen and oxygen atoms in total. The van der Waals surface area contributed by atoms with Crippen LogP contribution in [0.1, 0.15) is 49.7 Å². The third kappa shape index (κ3) is 6.35. The molecule has 2 aliphatic heterocycles. The molecule has 0 N–H and O–H groups in total. The van der Waals surface area contributed by atoms with Gasteiger partial charge in [-0.3, -0.25) is 0 Å². The first kappa shape index (κ1) is 53.0. The van der Waals surface area contributed by atoms with Gasteiger partial charge in [0.05, 0.1) is 36.2 Å². The molecule has 3 aromatic rings. The number of methoxy groups -OCH3 is 2. The van der Waals surface area contributed by atoms with Gasteiger partial charge in [0, 0.05) is 38.7 Å². The fourth-order valence-electron chi connectivity index (χ4n) is 13.1. The number of benzene rings is 3. The summed E-state index contributed by atoms with van der Waals surface area (Å²) in [7, 11) is -20.6. The second kappa shape index (κ2) is 15.6. The Balaban J connectivity index is 1.39. The molecule has 2 saturated heterocycles. The minimum Gasteiger partial charge on any atom is -0.495 e. The van der Waals surface area contributed by atoms with Crippen molar-refractivity contribution in [3.8, 4) is 11.5 Å². The quantitative estimate of drug-likeness (QED) is 0.185. The van der Waals surface area contributed by atoms with Gasteiger partial charge in [-0.25, -0.2) is 16.8 Å². The molecule has 0 amide bonds. The summed E-state index contributed by atoms with van der Waals surface area (Å²) in [6.45, 7) is 0. The number of ether oxygens (including phenoxy) is 4. The van der Waals surface area contributed by atoms with Crippen molar-refractivity contribution in [1.82, 2.24) is 3.12 Å². The van der Waals surface area contributed by atoms with Crippen LogP contribution >= 0.6 is 10.2 Å². The largest absolute Gasteiger partial charge is 0.513 e. The standard InChI is InChI=1S/C42H35F18NO8S3/c1-66-29-23(33-16-14-20(18-33)27-31(33)68-35(27,37(43,44)45)38(46,47)48)10-6-12-25(29)70(22-8-4-3-5-9-22,61(71(62,63)41(55,56)57)72(64,65)42(58,59)60)26-13-7-11-24(30(26)67-2)34-17-15-21(19-34)28-32(34)69-36(28,39(49,50)51)40(52,53)54/h3-13,20-21,27-28,31-32H,14-19H2,1-2H3. The van der Waals surface area contributed by atoms with Crippen molar-refractivity contribution < 1.29 is 115 Å². The predicted octanol–water partition coefficient (Wildman–Crippen LogP) is 11.8. The number of halogens is 18. The van der Waals surface area contributed by atoms with E-state index in [0.29, 0.717) is 38.5 Å². The lowest BCUT2D eigenvalue weighted by Crippen LogP contribution is -2.77. The second-order valence-electron chi connectivity index (χ2n) is 18.5. The Morgan fingerprint density at radius 1 is 0.514 bits per heavy atom. The molecule has 3 aromatic carbocycles. The fourth-order valence-corrected chi connectivity index (χ4v) is 22.6. The van der Waals surface area contributed by atoms with Crippen LogP contribution in [0.3, 0.4) is 0 Å². The van der Waals surface area contributed by atoms with Gasteiger partial charge in [0.1, 0.15) is 11.5 Å². The summed E-state index contributed by atoms with van der Waals surface area (Å²) in [6.07, 6.45) is -31.4. The molecule has 4 bridgehead atoms. The van der Waals surface area contributed by atoms with Crippen LogP contribution in [0, 0.1) is 23.7 Å². The van der Waals surface area contributed by atoms with E-state index in [2.05, 4.69) is 0 Å². The van der Waals surface area contributed by atoms with E-state index in [9.17, 15) is 69.5 Å². The van der Waals surface area contributed by atoms with Crippen molar-refractivity contribution in [2.75, 3.05) is 14.2 Å². The lowest BCUT2D eigenvalue weighted by Gasteiger charge is -2.59. The van der Waals surface area contributed by atoms with Crippen LogP contribution < -0.4 is 9.47 Å². The zero-order chi connectivity index (χ0) is 53.4. The topological polar surface area (TPSA) is 108 Å². The van der Waals surface area contributed by atoms with Crippen molar-refractivity contribution >= 4 is 30.3 Å². The molecule has 8 unspecified atom stereocenters. The van der Waals surface area contributed by atoms with E-state index in [1.807, 2.05) is 0 Å². The Hall–Kier alpha value is -3.87. The van der Waals surface area contributed by atoms with E-state index in [-0.39, 0.29) is 12.8 Å². The van der Waals surface area contributed by atoms with Crippen molar-refractivity contribution in [1.29, 1.82) is 0 Å². The van der Waals surface area contributed by atoms with Crippen LogP contribution in [0.15, 0.2) is 81.4 Å². The van der Waals surface area contributed by atoms with E-state index in [4.69, 9.17) is 18.9 Å². The van der Waals surface area contributed by atoms with Gasteiger partial charge in [0.2, 0.25) is 0 Å². The summed E-state index contributed by atoms with van der Waals surface area (Å²) >= 11 is 0. The molecule has 2 heterocycles. The Kier molecular flexibility index (Phi) is 11.5. The highest BCUT2D eigenvalue weighted by molar-refractivity contribution is 8.41. The highest BCUT2D eigenvalue weighted by atomic mass is 32.4. The molecule has 6 aliphatic rings. The van der Waals surface area contributed by atoms with E-state index in [1.54, 1.807) is 0 Å². The first-order valence-corrected chi connectivity index (χ1v) is 25.6. The van der Waals surface area contributed by atoms with Gasteiger partial charge in [-0.1, -0.05) is 52.7 Å². The van der Waals surface area contributed by atoms with Crippen LogP contribution in [0.5, 0.6) is 11.5 Å². The normalized spacial score (nSPS) is 31.3. The molecular weight excluding hydrogens is 1080 g/mol. The summed E-state index contributed by atoms with van der Waals surface area (Å²) in [5, 5.41) is 0. The van der Waals surface area contributed by atoms with Crippen molar-refractivity contribution in [3.05, 3.63) is 77.9 Å². The molecule has 30 heteroatoms. The number of para-hydroxylation sites is 2. The lowest BCUT2D eigenvalue weighted by atomic mass is 9.62. The van der Waals surface area contributed by atoms with Crippen LogP contribution in [-0.4, -0.2) is 93.3 Å². The Labute approximate surface area is 397 Å². The summed E-state index contributed by atoms with van der Waals surface area (Å²) in [5.74, 6) is -9.84. The smallest absolute Gasteiger partial charge is 0.495 e. The summed E-state index contributed by atoms with van der Waals surface area (Å²) < 4.78 is 343. The molecule has 4 aliphatic carbocycles. The number of alkyl halides is 18. The summed E-state index contributed by atoms with van der Waals surface area (Å²) in [6, 6.07) is 8.93. The first-order valence-electron chi connectivity index (χ1n) is 21.2. The van der Waals surface area contributed by atoms with Gasteiger partial charge in [-0.05, 0) is 77.7 Å². The lowest BCUT2D eigenvalue weighted by molar-refractivity contribution is -0.472. The van der Waals surface area contributed by atoms with Gasteiger partial charge in [-0.15, -0.1) is 0 Å². The van der Waals surface area contributed by atoms with E-state index in [1.165, 1.54) is 0 Å². The number of rotatable bonds is 10. The Morgan fingerprint density at radius 3 is 1.17 bits per heavy atom. The molecule has 72 heavy (non-hydrogen) atoms. The molecule has 400 valence electrons. The zero-order valence-electron chi connectivity index (χ0n) is 36.3. The number of hydrogen-bond donors (Lipinski definition) is 0. The SMILES string of the molecule is COc1c(C23CCC(C2)C2C3OC2(C(F)(F)F)C(F)(F)F)cccc1S(c1ccccc1)(c1cccc(C23CCC(C2)C2C3OC2(C(F)(F)F)C(F)(F)F)c1OC)N(S(=O)(=O)C(F)(F)F)S(=O)(=O)C(F)(F)F. The highest BCUT2D eigenvalue weighted by Crippen LogP contribution is 2.81. The Bertz CT molecular complexity index is 2710. The molecule has 0 aromatic heterocycles. The minimum absolute atomic E-state index is 0.383. The Morgan fingerprint density at radius 2 is 0.861 bits per heavy atom. The average molecular weight is 1120 g/mol. The molecular formula is C42H35F18NO8S3. The maximum absolute atomic E-state index is 15.4. The maximum Gasteiger partial charge on any atom is 0.513 e. The number of sulfonamides is 2. The van der Waals surface area contributed by atoms with Crippen molar-refractivity contribution in [2.45, 2.75) is 123 Å². The number of hydrogen-bond acceptors (Lipinski definition) is 8. The van der Waals surface area contributed by atoms with Gasteiger partial charge in [0.25, 0.3) is 11.2 Å². The van der Waals surface area contributed by atoms with Gasteiger partial charge in [-0.2, -0.15) is 79.0 Å². The van der Waals surface area contributed by atoms with E-state index < -0.39 is 190 Å². The molecule has 6 fully saturated rings. The molecule has 0 radical (unpaired) electrons. The summed E-state index contributed by atoms with van der Waals surface area (Å²) in [4.78, 5) is -3.56. The van der Waals surface area contributed by atoms with E-state index in [0.717, 1.165) is 42.5 Å². The van der Waals surface area contributed by atoms with Crippen LogP contribution in [-0.2, 0) is 40.4 Å². The van der Waals surface area contributed by atoms with Gasteiger partial charge >= 0.3 is 55.8 Å². The van der Waals surface area contributed by atoms with Gasteiger partial charge in [0.15, 0.2) is 0 Å². The molecule has 4 saturated carbocycles. The molecule has 0 spiro atoms. The maximum atomic E-state index is 15.4. The van der Waals surface area contributed by atoms with Crippen LogP contribution in [0.2, 0.25) is 0 Å². The predicted molar refractivity (Wildman–Crippen MR) is 211 cm³/mol. The van der Waals surface area contributed by atoms with Gasteiger partial charge < -0.3 is 18.9 Å². The highest BCUT2D eigenvalue weighted by Gasteiger charge is 2.90. The number of nitrogens with zero attached hydrogens (tertiary/aromatic N) is 1. The molecule has 8 atom stereocenters. The third-order valence-electron chi connectivity index (χ3n) is 15.5. The third-order valence-corrected chi connectivity index (χ3v) is 24.5. The van der Waals surface area contributed by atoms with Crippen molar-refractivity contribution in [3.63, 3.8) is 0 Å². The average Bonchev–Trinajstić information content (AvgIpc) is 3.95.